The van der Waals surface area contributed by atoms with Crippen LogP contribution in [0.3, 0.4) is 0 Å². The molecule has 6 nitrogen and oxygen atoms in total. The maximum absolute atomic E-state index is 10.9. The maximum atomic E-state index is 10.9. The standard InChI is InChI=1S/C13H20N4O2/c1-10-4-5-12(17(18)19)13(16-10)15-8-6-11-3-2-7-14-9-11/h4-5,11,14H,2-3,6-9H2,1H3,(H,15,16). The van der Waals surface area contributed by atoms with Crippen molar-refractivity contribution in [3.63, 3.8) is 0 Å². The van der Waals surface area contributed by atoms with Gasteiger partial charge in [-0.15, -0.1) is 0 Å². The second-order valence-electron chi connectivity index (χ2n) is 5.01. The summed E-state index contributed by atoms with van der Waals surface area (Å²) in [5.41, 5.74) is 0.833. The first-order valence-electron chi connectivity index (χ1n) is 6.73. The highest BCUT2D eigenvalue weighted by molar-refractivity contribution is 5.55. The van der Waals surface area contributed by atoms with Crippen LogP contribution in [-0.4, -0.2) is 29.5 Å². The fraction of sp³-hybridized carbons (Fsp3) is 0.615. The molecule has 0 radical (unpaired) electrons. The zero-order valence-electron chi connectivity index (χ0n) is 11.2. The molecule has 1 unspecified atom stereocenters. The van der Waals surface area contributed by atoms with E-state index < -0.39 is 4.92 Å². The first-order valence-corrected chi connectivity index (χ1v) is 6.73. The van der Waals surface area contributed by atoms with Gasteiger partial charge in [0, 0.05) is 18.3 Å². The Balaban J connectivity index is 1.91. The fourth-order valence-corrected chi connectivity index (χ4v) is 2.39. The van der Waals surface area contributed by atoms with E-state index in [0.717, 1.165) is 31.7 Å². The fourth-order valence-electron chi connectivity index (χ4n) is 2.39. The monoisotopic (exact) mass is 264 g/mol. The van der Waals surface area contributed by atoms with Crippen LogP contribution in [0.1, 0.15) is 25.0 Å². The molecule has 0 bridgehead atoms. The van der Waals surface area contributed by atoms with Crippen LogP contribution in [0.4, 0.5) is 11.5 Å². The number of hydrogen-bond acceptors (Lipinski definition) is 5. The van der Waals surface area contributed by atoms with Gasteiger partial charge < -0.3 is 10.6 Å². The largest absolute Gasteiger partial charge is 0.364 e. The van der Waals surface area contributed by atoms with E-state index in [1.54, 1.807) is 6.07 Å². The molecule has 6 heteroatoms. The summed E-state index contributed by atoms with van der Waals surface area (Å²) < 4.78 is 0. The van der Waals surface area contributed by atoms with Gasteiger partial charge >= 0.3 is 5.69 Å². The number of piperidine rings is 1. The molecule has 104 valence electrons. The van der Waals surface area contributed by atoms with Crippen LogP contribution in [0, 0.1) is 23.0 Å². The lowest BCUT2D eigenvalue weighted by Crippen LogP contribution is -2.30. The van der Waals surface area contributed by atoms with Crippen LogP contribution in [0.2, 0.25) is 0 Å². The first-order chi connectivity index (χ1) is 9.16. The molecule has 1 aliphatic rings. The number of nitrogens with zero attached hydrogens (tertiary/aromatic N) is 2. The number of nitro groups is 1. The lowest BCUT2D eigenvalue weighted by atomic mass is 9.96. The van der Waals surface area contributed by atoms with E-state index in [1.807, 2.05) is 6.92 Å². The van der Waals surface area contributed by atoms with Crippen molar-refractivity contribution >= 4 is 11.5 Å². The van der Waals surface area contributed by atoms with Crippen molar-refractivity contribution in [3.8, 4) is 0 Å². The molecule has 0 aromatic carbocycles. The molecule has 2 heterocycles. The van der Waals surface area contributed by atoms with Crippen LogP contribution in [0.25, 0.3) is 0 Å². The minimum absolute atomic E-state index is 0.0485. The Labute approximate surface area is 112 Å². The number of pyridine rings is 1. The van der Waals surface area contributed by atoms with Crippen molar-refractivity contribution in [3.05, 3.63) is 27.9 Å². The Morgan fingerprint density at radius 2 is 2.42 bits per heavy atom. The number of aryl methyl sites for hydroxylation is 1. The molecule has 0 saturated carbocycles. The topological polar surface area (TPSA) is 80.1 Å². The summed E-state index contributed by atoms with van der Waals surface area (Å²) in [6.07, 6.45) is 3.46. The van der Waals surface area contributed by atoms with Crippen molar-refractivity contribution in [1.29, 1.82) is 0 Å². The van der Waals surface area contributed by atoms with E-state index in [1.165, 1.54) is 18.9 Å². The summed E-state index contributed by atoms with van der Waals surface area (Å²) in [6, 6.07) is 3.17. The molecule has 1 aromatic rings. The van der Waals surface area contributed by atoms with Gasteiger partial charge in [0.25, 0.3) is 0 Å². The summed E-state index contributed by atoms with van der Waals surface area (Å²) in [7, 11) is 0. The zero-order valence-corrected chi connectivity index (χ0v) is 11.2. The summed E-state index contributed by atoms with van der Waals surface area (Å²) in [6.45, 7) is 4.71. The van der Waals surface area contributed by atoms with E-state index >= 15 is 0 Å². The van der Waals surface area contributed by atoms with Crippen LogP contribution < -0.4 is 10.6 Å². The van der Waals surface area contributed by atoms with Crippen molar-refractivity contribution in [2.24, 2.45) is 5.92 Å². The van der Waals surface area contributed by atoms with E-state index in [-0.39, 0.29) is 5.69 Å². The van der Waals surface area contributed by atoms with Gasteiger partial charge in [0.05, 0.1) is 4.92 Å². The molecule has 0 amide bonds. The molecule has 1 aromatic heterocycles. The highest BCUT2D eigenvalue weighted by Gasteiger charge is 2.16. The predicted octanol–water partition coefficient (Wildman–Crippen LogP) is 2.10. The smallest absolute Gasteiger partial charge is 0.311 e. The van der Waals surface area contributed by atoms with Crippen molar-refractivity contribution in [2.75, 3.05) is 25.0 Å². The van der Waals surface area contributed by atoms with Gasteiger partial charge in [-0.1, -0.05) is 0 Å². The molecule has 1 saturated heterocycles. The van der Waals surface area contributed by atoms with Crippen molar-refractivity contribution in [1.82, 2.24) is 10.3 Å². The van der Waals surface area contributed by atoms with E-state index in [9.17, 15) is 10.1 Å². The summed E-state index contributed by atoms with van der Waals surface area (Å²) in [4.78, 5) is 14.7. The average molecular weight is 264 g/mol. The SMILES string of the molecule is Cc1ccc([N+](=O)[O-])c(NCCC2CCCNC2)n1. The van der Waals surface area contributed by atoms with Crippen LogP contribution >= 0.6 is 0 Å². The zero-order chi connectivity index (χ0) is 13.7. The quantitative estimate of drug-likeness (QED) is 0.629. The summed E-state index contributed by atoms with van der Waals surface area (Å²) >= 11 is 0. The molecular weight excluding hydrogens is 244 g/mol. The van der Waals surface area contributed by atoms with Gasteiger partial charge in [-0.3, -0.25) is 10.1 Å². The molecule has 0 spiro atoms. The third-order valence-electron chi connectivity index (χ3n) is 3.45. The maximum Gasteiger partial charge on any atom is 0.311 e. The Kier molecular flexibility index (Phi) is 4.68. The Bertz CT molecular complexity index is 444. The molecule has 0 aliphatic carbocycles. The highest BCUT2D eigenvalue weighted by atomic mass is 16.6. The minimum atomic E-state index is -0.392. The lowest BCUT2D eigenvalue weighted by molar-refractivity contribution is -0.384. The molecule has 2 rings (SSSR count). The number of nitrogens with one attached hydrogen (secondary N) is 2. The highest BCUT2D eigenvalue weighted by Crippen LogP contribution is 2.22. The lowest BCUT2D eigenvalue weighted by Gasteiger charge is -2.22. The second kappa shape index (κ2) is 6.47. The molecule has 1 aliphatic heterocycles. The molecule has 19 heavy (non-hydrogen) atoms. The second-order valence-corrected chi connectivity index (χ2v) is 5.01. The van der Waals surface area contributed by atoms with E-state index in [0.29, 0.717) is 11.7 Å². The van der Waals surface area contributed by atoms with Crippen LogP contribution in [0.5, 0.6) is 0 Å². The average Bonchev–Trinajstić information content (AvgIpc) is 2.39. The third-order valence-corrected chi connectivity index (χ3v) is 3.45. The number of aromatic nitrogens is 1. The summed E-state index contributed by atoms with van der Waals surface area (Å²) in [5, 5.41) is 17.4. The third kappa shape index (κ3) is 3.89. The number of anilines is 1. The first kappa shape index (κ1) is 13.7. The van der Waals surface area contributed by atoms with Crippen molar-refractivity contribution in [2.45, 2.75) is 26.2 Å². The number of rotatable bonds is 5. The predicted molar refractivity (Wildman–Crippen MR) is 74.3 cm³/mol. The molecule has 1 atom stereocenters. The molecular formula is C13H20N4O2. The van der Waals surface area contributed by atoms with E-state index in [4.69, 9.17) is 0 Å². The van der Waals surface area contributed by atoms with Crippen LogP contribution in [-0.2, 0) is 0 Å². The van der Waals surface area contributed by atoms with Gasteiger partial charge in [-0.25, -0.2) is 4.98 Å². The summed E-state index contributed by atoms with van der Waals surface area (Å²) in [5.74, 6) is 1.04. The van der Waals surface area contributed by atoms with E-state index in [2.05, 4.69) is 15.6 Å². The van der Waals surface area contributed by atoms with Gasteiger partial charge in [0.2, 0.25) is 5.82 Å². The Hall–Kier alpha value is -1.69. The van der Waals surface area contributed by atoms with Crippen LogP contribution in [0.15, 0.2) is 12.1 Å². The minimum Gasteiger partial charge on any atom is -0.364 e. The Morgan fingerprint density at radius 1 is 1.58 bits per heavy atom. The normalized spacial score (nSPS) is 19.1. The molecule has 1 fully saturated rings. The molecule has 2 N–H and O–H groups in total. The van der Waals surface area contributed by atoms with Gasteiger partial charge in [0.1, 0.15) is 0 Å². The number of hydrogen-bond donors (Lipinski definition) is 2. The van der Waals surface area contributed by atoms with Gasteiger partial charge in [-0.2, -0.15) is 0 Å². The van der Waals surface area contributed by atoms with Gasteiger partial charge in [-0.05, 0) is 51.3 Å². The Morgan fingerprint density at radius 3 is 3.11 bits per heavy atom. The van der Waals surface area contributed by atoms with Gasteiger partial charge in [0.15, 0.2) is 0 Å². The van der Waals surface area contributed by atoms with Crippen molar-refractivity contribution < 1.29 is 4.92 Å².